The minimum atomic E-state index is -0.559. The van der Waals surface area contributed by atoms with E-state index in [0.717, 1.165) is 29.8 Å². The zero-order valence-corrected chi connectivity index (χ0v) is 16.1. The van der Waals surface area contributed by atoms with Crippen molar-refractivity contribution in [3.63, 3.8) is 0 Å². The van der Waals surface area contributed by atoms with Gasteiger partial charge < -0.3 is 10.1 Å². The molecule has 0 radical (unpaired) electrons. The molecule has 6 heteroatoms. The maximum absolute atomic E-state index is 12.8. The summed E-state index contributed by atoms with van der Waals surface area (Å²) in [5, 5.41) is 3.86. The van der Waals surface area contributed by atoms with Gasteiger partial charge in [0, 0.05) is 23.0 Å². The van der Waals surface area contributed by atoms with Gasteiger partial charge in [0.25, 0.3) is 0 Å². The number of halogens is 1. The van der Waals surface area contributed by atoms with Crippen LogP contribution in [0.15, 0.2) is 24.3 Å². The van der Waals surface area contributed by atoms with E-state index in [0.29, 0.717) is 5.92 Å². The number of rotatable bonds is 3. The van der Waals surface area contributed by atoms with Crippen molar-refractivity contribution in [1.82, 2.24) is 10.2 Å². The van der Waals surface area contributed by atoms with Gasteiger partial charge >= 0.3 is 6.09 Å². The van der Waals surface area contributed by atoms with Crippen molar-refractivity contribution < 1.29 is 14.3 Å². The van der Waals surface area contributed by atoms with Crippen LogP contribution in [0.25, 0.3) is 0 Å². The monoisotopic (exact) mass is 376 g/mol. The Morgan fingerprint density at radius 2 is 1.92 bits per heavy atom. The van der Waals surface area contributed by atoms with Crippen LogP contribution in [0.4, 0.5) is 4.79 Å². The molecule has 5 nitrogen and oxygen atoms in total. The fourth-order valence-electron chi connectivity index (χ4n) is 4.02. The lowest BCUT2D eigenvalue weighted by Crippen LogP contribution is -2.50. The van der Waals surface area contributed by atoms with E-state index in [1.807, 2.05) is 45.0 Å². The summed E-state index contributed by atoms with van der Waals surface area (Å²) in [6.45, 7) is 5.54. The lowest BCUT2D eigenvalue weighted by atomic mass is 10.1. The molecule has 0 bridgehead atoms. The van der Waals surface area contributed by atoms with Gasteiger partial charge in [0.2, 0.25) is 5.91 Å². The number of hydrogen-bond donors (Lipinski definition) is 1. The van der Waals surface area contributed by atoms with Crippen LogP contribution < -0.4 is 5.32 Å². The van der Waals surface area contributed by atoms with Crippen LogP contribution in [0.3, 0.4) is 0 Å². The number of amides is 2. The topological polar surface area (TPSA) is 58.6 Å². The van der Waals surface area contributed by atoms with Crippen LogP contribution in [0.1, 0.15) is 51.5 Å². The second-order valence-electron chi connectivity index (χ2n) is 8.68. The normalized spacial score (nSPS) is 32.0. The van der Waals surface area contributed by atoms with Crippen molar-refractivity contribution in [2.75, 3.05) is 0 Å². The first-order valence-corrected chi connectivity index (χ1v) is 9.68. The number of ether oxygens (including phenoxy) is 1. The number of carbonyl (C=O) groups is 2. The van der Waals surface area contributed by atoms with Crippen molar-refractivity contribution in [2.24, 2.45) is 5.92 Å². The third-order valence-corrected chi connectivity index (χ3v) is 5.78. The lowest BCUT2D eigenvalue weighted by Gasteiger charge is -2.30. The van der Waals surface area contributed by atoms with Crippen LogP contribution in [0.2, 0.25) is 5.02 Å². The largest absolute Gasteiger partial charge is 0.444 e. The molecule has 4 rings (SSSR count). The highest BCUT2D eigenvalue weighted by Gasteiger charge is 2.57. The van der Waals surface area contributed by atoms with E-state index >= 15 is 0 Å². The van der Waals surface area contributed by atoms with Gasteiger partial charge in [-0.25, -0.2) is 4.79 Å². The third-order valence-electron chi connectivity index (χ3n) is 5.43. The van der Waals surface area contributed by atoms with E-state index in [1.165, 1.54) is 0 Å². The summed E-state index contributed by atoms with van der Waals surface area (Å²) >= 11 is 6.26. The van der Waals surface area contributed by atoms with E-state index in [2.05, 4.69) is 5.32 Å². The van der Waals surface area contributed by atoms with E-state index in [4.69, 9.17) is 16.3 Å². The molecular weight excluding hydrogens is 352 g/mol. The summed E-state index contributed by atoms with van der Waals surface area (Å²) in [6.07, 6.45) is 2.23. The number of likely N-dealkylation sites (tertiary alicyclic amines) is 1. The number of fused-ring (bicyclic) bond motifs is 1. The van der Waals surface area contributed by atoms with Crippen LogP contribution in [-0.2, 0) is 9.53 Å². The minimum Gasteiger partial charge on any atom is -0.444 e. The summed E-state index contributed by atoms with van der Waals surface area (Å²) in [4.78, 5) is 27.0. The molecule has 1 aliphatic heterocycles. The van der Waals surface area contributed by atoms with Gasteiger partial charge in [0.1, 0.15) is 11.6 Å². The number of nitrogens with zero attached hydrogens (tertiary/aromatic N) is 1. The molecule has 0 spiro atoms. The van der Waals surface area contributed by atoms with Gasteiger partial charge in [0.15, 0.2) is 0 Å². The van der Waals surface area contributed by atoms with Gasteiger partial charge in [-0.3, -0.25) is 9.69 Å². The Balaban J connectivity index is 1.39. The Labute approximate surface area is 159 Å². The van der Waals surface area contributed by atoms with Crippen molar-refractivity contribution in [2.45, 2.75) is 69.7 Å². The predicted octanol–water partition coefficient (Wildman–Crippen LogP) is 3.71. The Hall–Kier alpha value is -1.75. The first-order valence-electron chi connectivity index (χ1n) is 9.31. The Morgan fingerprint density at radius 3 is 2.62 bits per heavy atom. The van der Waals surface area contributed by atoms with Crippen molar-refractivity contribution in [3.05, 3.63) is 34.9 Å². The quantitative estimate of drug-likeness (QED) is 0.874. The molecule has 0 aromatic heterocycles. The van der Waals surface area contributed by atoms with E-state index in [1.54, 1.807) is 4.90 Å². The molecule has 1 aromatic rings. The van der Waals surface area contributed by atoms with Crippen LogP contribution in [-0.4, -0.2) is 40.6 Å². The molecule has 140 valence electrons. The number of piperidine rings is 1. The lowest BCUT2D eigenvalue weighted by molar-refractivity contribution is -0.126. The highest BCUT2D eigenvalue weighted by Crippen LogP contribution is 2.49. The fourth-order valence-corrected chi connectivity index (χ4v) is 4.30. The molecule has 1 heterocycles. The fraction of sp³-hybridized carbons (Fsp3) is 0.600. The molecule has 26 heavy (non-hydrogen) atoms. The Morgan fingerprint density at radius 1 is 1.19 bits per heavy atom. The van der Waals surface area contributed by atoms with E-state index < -0.39 is 11.6 Å². The highest BCUT2D eigenvalue weighted by molar-refractivity contribution is 6.31. The average molecular weight is 377 g/mol. The smallest absolute Gasteiger partial charge is 0.411 e. The number of benzene rings is 1. The zero-order chi connectivity index (χ0) is 18.6. The standard InChI is InChI=1S/C20H25ClN2O3/c1-20(2,3)26-19(25)23-16-8-11(16)9-17(23)18(24)22-15-10-13(15)12-6-4-5-7-14(12)21/h4-7,11,13,15-17H,8-10H2,1-3H3,(H,22,24)/t11?,13-,15+,16-,17+/m1/s1. The third kappa shape index (κ3) is 3.41. The molecule has 1 aromatic carbocycles. The van der Waals surface area contributed by atoms with Crippen molar-refractivity contribution in [3.8, 4) is 0 Å². The average Bonchev–Trinajstić information content (AvgIpc) is 3.44. The molecule has 2 amide bonds. The van der Waals surface area contributed by atoms with Gasteiger partial charge in [0.05, 0.1) is 0 Å². The summed E-state index contributed by atoms with van der Waals surface area (Å²) in [6, 6.07) is 7.61. The van der Waals surface area contributed by atoms with Crippen molar-refractivity contribution in [1.29, 1.82) is 0 Å². The Kier molecular flexibility index (Phi) is 4.18. The molecule has 3 fully saturated rings. The number of nitrogens with one attached hydrogen (secondary N) is 1. The molecule has 1 unspecified atom stereocenters. The first kappa shape index (κ1) is 17.7. The maximum atomic E-state index is 12.8. The highest BCUT2D eigenvalue weighted by atomic mass is 35.5. The summed E-state index contributed by atoms with van der Waals surface area (Å²) in [7, 11) is 0. The van der Waals surface area contributed by atoms with Gasteiger partial charge in [-0.05, 0) is 57.6 Å². The maximum Gasteiger partial charge on any atom is 0.411 e. The van der Waals surface area contributed by atoms with E-state index in [-0.39, 0.29) is 30.0 Å². The van der Waals surface area contributed by atoms with Crippen LogP contribution >= 0.6 is 11.6 Å². The molecular formula is C20H25ClN2O3. The number of carbonyl (C=O) groups excluding carboxylic acids is 2. The van der Waals surface area contributed by atoms with Gasteiger partial charge in [-0.1, -0.05) is 29.8 Å². The molecule has 3 aliphatic rings. The second-order valence-corrected chi connectivity index (χ2v) is 9.09. The van der Waals surface area contributed by atoms with Gasteiger partial charge in [-0.15, -0.1) is 0 Å². The minimum absolute atomic E-state index is 0.0670. The second kappa shape index (κ2) is 6.15. The summed E-state index contributed by atoms with van der Waals surface area (Å²) in [5.41, 5.74) is 0.522. The molecule has 5 atom stereocenters. The molecule has 1 N–H and O–H groups in total. The van der Waals surface area contributed by atoms with Crippen LogP contribution in [0, 0.1) is 5.92 Å². The molecule has 1 saturated heterocycles. The van der Waals surface area contributed by atoms with Crippen LogP contribution in [0.5, 0.6) is 0 Å². The number of hydrogen-bond acceptors (Lipinski definition) is 3. The molecule has 2 saturated carbocycles. The van der Waals surface area contributed by atoms with E-state index in [9.17, 15) is 9.59 Å². The summed E-state index contributed by atoms with van der Waals surface area (Å²) < 4.78 is 5.52. The Bertz CT molecular complexity index is 745. The zero-order valence-electron chi connectivity index (χ0n) is 15.4. The molecule has 2 aliphatic carbocycles. The van der Waals surface area contributed by atoms with Gasteiger partial charge in [-0.2, -0.15) is 0 Å². The van der Waals surface area contributed by atoms with Crippen molar-refractivity contribution >= 4 is 23.6 Å². The summed E-state index contributed by atoms with van der Waals surface area (Å²) in [5.74, 6) is 0.637. The SMILES string of the molecule is CC(C)(C)OC(=O)N1[C@@H]2CC2C[C@H]1C(=O)N[C@H]1C[C@@H]1c1ccccc1Cl. The first-order chi connectivity index (χ1) is 12.2. The predicted molar refractivity (Wildman–Crippen MR) is 99.1 cm³/mol.